The van der Waals surface area contributed by atoms with E-state index in [1.165, 1.54) is 25.9 Å². The van der Waals surface area contributed by atoms with Crippen molar-refractivity contribution in [3.05, 3.63) is 0 Å². The average Bonchev–Trinajstić information content (AvgIpc) is 2.25. The van der Waals surface area contributed by atoms with E-state index in [-0.39, 0.29) is 0 Å². The highest BCUT2D eigenvalue weighted by Gasteiger charge is 2.27. The van der Waals surface area contributed by atoms with Crippen LogP contribution in [0.2, 0.25) is 0 Å². The quantitative estimate of drug-likeness (QED) is 0.798. The van der Waals surface area contributed by atoms with E-state index < -0.39 is 0 Å². The number of rotatable bonds is 5. The third-order valence-corrected chi connectivity index (χ3v) is 3.84. The summed E-state index contributed by atoms with van der Waals surface area (Å²) in [6.45, 7) is 11.4. The maximum Gasteiger partial charge on any atom is 0.0502 e. The standard InChI is InChI=1S/C14H30N2O/c1-14(2,3)13(15-4)10-16-8-6-7-12(9-16)11-17-5/h12-13,15H,6-11H2,1-5H3. The number of hydrogen-bond acceptors (Lipinski definition) is 3. The molecule has 0 aromatic heterocycles. The number of nitrogens with one attached hydrogen (secondary N) is 1. The molecule has 2 unspecified atom stereocenters. The minimum absolute atomic E-state index is 0.322. The first-order chi connectivity index (χ1) is 7.97. The van der Waals surface area contributed by atoms with E-state index in [0.29, 0.717) is 11.5 Å². The Bertz CT molecular complexity index is 211. The number of likely N-dealkylation sites (tertiary alicyclic amines) is 1. The predicted octanol–water partition coefficient (Wildman–Crippen LogP) is 1.98. The van der Waals surface area contributed by atoms with Crippen LogP contribution in [0.15, 0.2) is 0 Å². The van der Waals surface area contributed by atoms with Gasteiger partial charge in [0.25, 0.3) is 0 Å². The van der Waals surface area contributed by atoms with Gasteiger partial charge in [-0.15, -0.1) is 0 Å². The highest BCUT2D eigenvalue weighted by Crippen LogP contribution is 2.22. The van der Waals surface area contributed by atoms with Crippen LogP contribution in [0.3, 0.4) is 0 Å². The number of ether oxygens (including phenoxy) is 1. The first-order valence-electron chi connectivity index (χ1n) is 6.86. The molecule has 1 N–H and O–H groups in total. The molecule has 0 aromatic rings. The van der Waals surface area contributed by atoms with Crippen LogP contribution in [0.25, 0.3) is 0 Å². The Kier molecular flexibility index (Phi) is 5.90. The molecule has 17 heavy (non-hydrogen) atoms. The monoisotopic (exact) mass is 242 g/mol. The molecular formula is C14H30N2O. The zero-order valence-corrected chi connectivity index (χ0v) is 12.3. The van der Waals surface area contributed by atoms with Crippen molar-refractivity contribution in [1.82, 2.24) is 10.2 Å². The Labute approximate surface area is 107 Å². The van der Waals surface area contributed by atoms with Crippen LogP contribution in [0.1, 0.15) is 33.6 Å². The van der Waals surface area contributed by atoms with Crippen molar-refractivity contribution in [3.8, 4) is 0 Å². The van der Waals surface area contributed by atoms with Crippen LogP contribution in [-0.2, 0) is 4.74 Å². The Hall–Kier alpha value is -0.120. The summed E-state index contributed by atoms with van der Waals surface area (Å²) in [6, 6.07) is 0.559. The van der Waals surface area contributed by atoms with E-state index in [2.05, 4.69) is 38.0 Å². The van der Waals surface area contributed by atoms with Gasteiger partial charge < -0.3 is 15.0 Å². The molecule has 1 aliphatic heterocycles. The molecule has 0 saturated carbocycles. The molecule has 1 fully saturated rings. The SMILES string of the molecule is CNC(CN1CCCC(COC)C1)C(C)(C)C. The van der Waals surface area contributed by atoms with Gasteiger partial charge in [0.2, 0.25) is 0 Å². The fourth-order valence-corrected chi connectivity index (χ4v) is 2.75. The summed E-state index contributed by atoms with van der Waals surface area (Å²) in [6.07, 6.45) is 2.64. The molecule has 0 spiro atoms. The number of methoxy groups -OCH3 is 1. The van der Waals surface area contributed by atoms with Crippen LogP contribution in [0.4, 0.5) is 0 Å². The summed E-state index contributed by atoms with van der Waals surface area (Å²) in [5.41, 5.74) is 0.322. The van der Waals surface area contributed by atoms with Crippen molar-refractivity contribution in [2.24, 2.45) is 11.3 Å². The molecule has 102 valence electrons. The normalized spacial score (nSPS) is 24.9. The van der Waals surface area contributed by atoms with Crippen LogP contribution >= 0.6 is 0 Å². The lowest BCUT2D eigenvalue weighted by molar-refractivity contribution is 0.0764. The van der Waals surface area contributed by atoms with Gasteiger partial charge in [0.15, 0.2) is 0 Å². The predicted molar refractivity (Wildman–Crippen MR) is 73.3 cm³/mol. The van der Waals surface area contributed by atoms with Crippen molar-refractivity contribution < 1.29 is 4.74 Å². The largest absolute Gasteiger partial charge is 0.384 e. The molecule has 1 aliphatic rings. The van der Waals surface area contributed by atoms with Crippen LogP contribution in [0.5, 0.6) is 0 Å². The Morgan fingerprint density at radius 1 is 1.41 bits per heavy atom. The van der Waals surface area contributed by atoms with Crippen LogP contribution in [0, 0.1) is 11.3 Å². The summed E-state index contributed by atoms with van der Waals surface area (Å²) in [4.78, 5) is 2.60. The molecule has 0 aromatic carbocycles. The molecule has 0 aliphatic carbocycles. The second kappa shape index (κ2) is 6.72. The molecule has 0 bridgehead atoms. The van der Waals surface area contributed by atoms with Crippen LogP contribution < -0.4 is 5.32 Å². The van der Waals surface area contributed by atoms with Gasteiger partial charge in [-0.25, -0.2) is 0 Å². The van der Waals surface area contributed by atoms with Crippen molar-refractivity contribution in [2.45, 2.75) is 39.7 Å². The third-order valence-electron chi connectivity index (χ3n) is 3.84. The van der Waals surface area contributed by atoms with Gasteiger partial charge in [-0.05, 0) is 37.8 Å². The molecule has 1 heterocycles. The summed E-state index contributed by atoms with van der Waals surface area (Å²) < 4.78 is 5.29. The van der Waals surface area contributed by atoms with Crippen molar-refractivity contribution >= 4 is 0 Å². The van der Waals surface area contributed by atoms with Gasteiger partial charge in [0.05, 0.1) is 6.61 Å². The summed E-state index contributed by atoms with van der Waals surface area (Å²) >= 11 is 0. The average molecular weight is 242 g/mol. The Morgan fingerprint density at radius 2 is 2.12 bits per heavy atom. The van der Waals surface area contributed by atoms with E-state index in [1.807, 2.05) is 7.11 Å². The highest BCUT2D eigenvalue weighted by molar-refractivity contribution is 4.84. The molecule has 3 nitrogen and oxygen atoms in total. The van der Waals surface area contributed by atoms with Gasteiger partial charge in [-0.2, -0.15) is 0 Å². The van der Waals surface area contributed by atoms with Gasteiger partial charge in [0.1, 0.15) is 0 Å². The van der Waals surface area contributed by atoms with Gasteiger partial charge in [-0.1, -0.05) is 20.8 Å². The number of likely N-dealkylation sites (N-methyl/N-ethyl adjacent to an activating group) is 1. The molecule has 0 amide bonds. The second-order valence-corrected chi connectivity index (χ2v) is 6.43. The number of nitrogens with zero attached hydrogens (tertiary/aromatic N) is 1. The smallest absolute Gasteiger partial charge is 0.0502 e. The molecule has 3 heteroatoms. The molecule has 2 atom stereocenters. The maximum absolute atomic E-state index is 5.29. The fourth-order valence-electron chi connectivity index (χ4n) is 2.75. The minimum atomic E-state index is 0.322. The van der Waals surface area contributed by atoms with E-state index in [4.69, 9.17) is 4.74 Å². The minimum Gasteiger partial charge on any atom is -0.384 e. The Balaban J connectivity index is 2.44. The van der Waals surface area contributed by atoms with E-state index in [0.717, 1.165) is 19.1 Å². The molecule has 1 rings (SSSR count). The first kappa shape index (κ1) is 14.9. The van der Waals surface area contributed by atoms with E-state index in [1.54, 1.807) is 0 Å². The van der Waals surface area contributed by atoms with E-state index >= 15 is 0 Å². The van der Waals surface area contributed by atoms with Crippen LogP contribution in [-0.4, -0.2) is 51.3 Å². The molecule has 1 saturated heterocycles. The van der Waals surface area contributed by atoms with Gasteiger partial charge in [0, 0.05) is 26.2 Å². The maximum atomic E-state index is 5.29. The lowest BCUT2D eigenvalue weighted by Gasteiger charge is -2.39. The third kappa shape index (κ3) is 4.94. The topological polar surface area (TPSA) is 24.5 Å². The lowest BCUT2D eigenvalue weighted by Crippen LogP contribution is -2.50. The summed E-state index contributed by atoms with van der Waals surface area (Å²) in [7, 11) is 3.89. The second-order valence-electron chi connectivity index (χ2n) is 6.43. The molecular weight excluding hydrogens is 212 g/mol. The number of piperidine rings is 1. The molecule has 0 radical (unpaired) electrons. The summed E-state index contributed by atoms with van der Waals surface area (Å²) in [5.74, 6) is 0.728. The zero-order valence-electron chi connectivity index (χ0n) is 12.3. The first-order valence-corrected chi connectivity index (χ1v) is 6.86. The summed E-state index contributed by atoms with van der Waals surface area (Å²) in [5, 5.41) is 3.46. The Morgan fingerprint density at radius 3 is 2.65 bits per heavy atom. The van der Waals surface area contributed by atoms with Crippen molar-refractivity contribution in [1.29, 1.82) is 0 Å². The van der Waals surface area contributed by atoms with Gasteiger partial charge >= 0.3 is 0 Å². The lowest BCUT2D eigenvalue weighted by atomic mass is 9.86. The fraction of sp³-hybridized carbons (Fsp3) is 1.00. The zero-order chi connectivity index (χ0) is 12.9. The number of hydrogen-bond donors (Lipinski definition) is 1. The van der Waals surface area contributed by atoms with Gasteiger partial charge in [-0.3, -0.25) is 0 Å². The van der Waals surface area contributed by atoms with E-state index in [9.17, 15) is 0 Å². The van der Waals surface area contributed by atoms with Crippen molar-refractivity contribution in [3.63, 3.8) is 0 Å². The van der Waals surface area contributed by atoms with Crippen molar-refractivity contribution in [2.75, 3.05) is 40.4 Å². The highest BCUT2D eigenvalue weighted by atomic mass is 16.5.